The van der Waals surface area contributed by atoms with E-state index in [0.717, 1.165) is 11.1 Å². The number of anilines is 2. The van der Waals surface area contributed by atoms with Crippen molar-refractivity contribution in [1.29, 1.82) is 0 Å². The largest absolute Gasteiger partial charge is 0.339 e. The first-order chi connectivity index (χ1) is 13.0. The van der Waals surface area contributed by atoms with E-state index in [1.807, 2.05) is 43.3 Å². The van der Waals surface area contributed by atoms with E-state index in [1.54, 1.807) is 12.1 Å². The molecule has 0 saturated heterocycles. The predicted octanol–water partition coefficient (Wildman–Crippen LogP) is 3.44. The molecule has 3 aromatic rings. The predicted molar refractivity (Wildman–Crippen MR) is 102 cm³/mol. The van der Waals surface area contributed by atoms with Gasteiger partial charge in [0.25, 0.3) is 0 Å². The van der Waals surface area contributed by atoms with Crippen molar-refractivity contribution >= 4 is 23.2 Å². The average Bonchev–Trinajstić information content (AvgIpc) is 3.12. The Morgan fingerprint density at radius 3 is 2.48 bits per heavy atom. The minimum atomic E-state index is -0.137. The highest BCUT2D eigenvalue weighted by atomic mass is 16.5. The third-order valence-corrected chi connectivity index (χ3v) is 3.81. The van der Waals surface area contributed by atoms with E-state index in [2.05, 4.69) is 20.8 Å². The molecule has 1 aromatic heterocycles. The molecule has 2 N–H and O–H groups in total. The molecule has 0 radical (unpaired) electrons. The summed E-state index contributed by atoms with van der Waals surface area (Å²) in [7, 11) is 0. The lowest BCUT2D eigenvalue weighted by molar-refractivity contribution is -0.116. The molecule has 3 rings (SSSR count). The molecule has 27 heavy (non-hydrogen) atoms. The minimum absolute atomic E-state index is 0.131. The quantitative estimate of drug-likeness (QED) is 0.698. The molecular formula is C20H20N4O3. The van der Waals surface area contributed by atoms with Crippen LogP contribution in [0.1, 0.15) is 25.3 Å². The molecule has 0 spiro atoms. The second-order valence-corrected chi connectivity index (χ2v) is 6.05. The van der Waals surface area contributed by atoms with Crippen LogP contribution in [0.2, 0.25) is 0 Å². The number of nitrogens with zero attached hydrogens (tertiary/aromatic N) is 2. The van der Waals surface area contributed by atoms with Gasteiger partial charge in [-0.2, -0.15) is 4.98 Å². The number of carbonyl (C=O) groups excluding carboxylic acids is 2. The number of aryl methyl sites for hydroxylation is 1. The summed E-state index contributed by atoms with van der Waals surface area (Å²) in [5.41, 5.74) is 2.99. The zero-order valence-electron chi connectivity index (χ0n) is 15.2. The summed E-state index contributed by atoms with van der Waals surface area (Å²) in [6.45, 7) is 3.39. The van der Waals surface area contributed by atoms with Crippen LogP contribution in [0.3, 0.4) is 0 Å². The van der Waals surface area contributed by atoms with Gasteiger partial charge in [0, 0.05) is 30.3 Å². The van der Waals surface area contributed by atoms with Gasteiger partial charge >= 0.3 is 0 Å². The molecule has 0 fully saturated rings. The first-order valence-corrected chi connectivity index (χ1v) is 8.63. The SMILES string of the molecule is CCc1nc(-c2cccc(NC(=O)Cc3ccc(NC(C)=O)cc3)c2)no1. The lowest BCUT2D eigenvalue weighted by atomic mass is 10.1. The molecule has 0 bridgehead atoms. The normalized spacial score (nSPS) is 10.4. The summed E-state index contributed by atoms with van der Waals surface area (Å²) in [5, 5.41) is 9.51. The third-order valence-electron chi connectivity index (χ3n) is 3.81. The summed E-state index contributed by atoms with van der Waals surface area (Å²) >= 11 is 0. The van der Waals surface area contributed by atoms with Gasteiger partial charge < -0.3 is 15.2 Å². The Balaban J connectivity index is 1.64. The summed E-state index contributed by atoms with van der Waals surface area (Å²) < 4.78 is 5.13. The number of hydrogen-bond donors (Lipinski definition) is 2. The molecule has 0 atom stereocenters. The number of rotatable bonds is 6. The molecule has 2 amide bonds. The van der Waals surface area contributed by atoms with Crippen molar-refractivity contribution in [3.63, 3.8) is 0 Å². The van der Waals surface area contributed by atoms with E-state index in [4.69, 9.17) is 4.52 Å². The fourth-order valence-electron chi connectivity index (χ4n) is 2.55. The van der Waals surface area contributed by atoms with Crippen LogP contribution in [0.4, 0.5) is 11.4 Å². The second-order valence-electron chi connectivity index (χ2n) is 6.05. The molecule has 0 aliphatic heterocycles. The molecule has 7 nitrogen and oxygen atoms in total. The molecule has 7 heteroatoms. The monoisotopic (exact) mass is 364 g/mol. The molecule has 138 valence electrons. The van der Waals surface area contributed by atoms with E-state index < -0.39 is 0 Å². The van der Waals surface area contributed by atoms with Crippen molar-refractivity contribution in [3.05, 3.63) is 60.0 Å². The fraction of sp³-hybridized carbons (Fsp3) is 0.200. The fourth-order valence-corrected chi connectivity index (χ4v) is 2.55. The summed E-state index contributed by atoms with van der Waals surface area (Å²) in [4.78, 5) is 27.6. The highest BCUT2D eigenvalue weighted by Gasteiger charge is 2.09. The van der Waals surface area contributed by atoms with Crippen LogP contribution in [0.15, 0.2) is 53.1 Å². The number of benzene rings is 2. The van der Waals surface area contributed by atoms with Crippen molar-refractivity contribution in [2.24, 2.45) is 0 Å². The summed E-state index contributed by atoms with van der Waals surface area (Å²) in [6, 6.07) is 14.5. The number of hydrogen-bond acceptors (Lipinski definition) is 5. The van der Waals surface area contributed by atoms with Crippen LogP contribution in [-0.4, -0.2) is 22.0 Å². The first-order valence-electron chi connectivity index (χ1n) is 8.63. The lowest BCUT2D eigenvalue weighted by Gasteiger charge is -2.07. The molecule has 0 aliphatic carbocycles. The third kappa shape index (κ3) is 5.01. The van der Waals surface area contributed by atoms with Crippen LogP contribution < -0.4 is 10.6 Å². The maximum Gasteiger partial charge on any atom is 0.228 e. The van der Waals surface area contributed by atoms with Gasteiger partial charge in [-0.15, -0.1) is 0 Å². The maximum atomic E-state index is 12.3. The first kappa shape index (κ1) is 18.3. The topological polar surface area (TPSA) is 97.1 Å². The van der Waals surface area contributed by atoms with Gasteiger partial charge in [0.05, 0.1) is 6.42 Å². The number of aromatic nitrogens is 2. The van der Waals surface area contributed by atoms with Gasteiger partial charge in [0.2, 0.25) is 23.5 Å². The van der Waals surface area contributed by atoms with Gasteiger partial charge in [0.15, 0.2) is 0 Å². The number of amides is 2. The maximum absolute atomic E-state index is 12.3. The molecule has 1 heterocycles. The van der Waals surface area contributed by atoms with Gasteiger partial charge in [-0.1, -0.05) is 36.3 Å². The van der Waals surface area contributed by atoms with E-state index in [9.17, 15) is 9.59 Å². The van der Waals surface area contributed by atoms with E-state index in [0.29, 0.717) is 29.5 Å². The van der Waals surface area contributed by atoms with E-state index in [1.165, 1.54) is 6.92 Å². The molecule has 2 aromatic carbocycles. The highest BCUT2D eigenvalue weighted by molar-refractivity contribution is 5.93. The molecule has 0 aliphatic rings. The van der Waals surface area contributed by atoms with Crippen LogP contribution in [0.5, 0.6) is 0 Å². The molecule has 0 unspecified atom stereocenters. The smallest absolute Gasteiger partial charge is 0.228 e. The number of nitrogens with one attached hydrogen (secondary N) is 2. The summed E-state index contributed by atoms with van der Waals surface area (Å²) in [5.74, 6) is 0.800. The Morgan fingerprint density at radius 2 is 1.81 bits per heavy atom. The average molecular weight is 364 g/mol. The van der Waals surface area contributed by atoms with E-state index >= 15 is 0 Å². The van der Waals surface area contributed by atoms with Crippen molar-refractivity contribution < 1.29 is 14.1 Å². The Bertz CT molecular complexity index is 948. The van der Waals surface area contributed by atoms with Gasteiger partial charge in [-0.05, 0) is 29.8 Å². The van der Waals surface area contributed by atoms with Gasteiger partial charge in [-0.25, -0.2) is 0 Å². The molecular weight excluding hydrogens is 344 g/mol. The standard InChI is InChI=1S/C20H20N4O3/c1-3-19-23-20(24-27-19)15-5-4-6-17(12-15)22-18(26)11-14-7-9-16(10-8-14)21-13(2)25/h4-10,12H,3,11H2,1-2H3,(H,21,25)(H,22,26). The zero-order chi connectivity index (χ0) is 19.2. The Labute approximate surface area is 156 Å². The van der Waals surface area contributed by atoms with E-state index in [-0.39, 0.29) is 18.2 Å². The van der Waals surface area contributed by atoms with Crippen LogP contribution in [-0.2, 0) is 22.4 Å². The lowest BCUT2D eigenvalue weighted by Crippen LogP contribution is -2.14. The second kappa shape index (κ2) is 8.27. The van der Waals surface area contributed by atoms with Crippen LogP contribution in [0, 0.1) is 0 Å². The zero-order valence-corrected chi connectivity index (χ0v) is 15.2. The van der Waals surface area contributed by atoms with Crippen molar-refractivity contribution in [2.75, 3.05) is 10.6 Å². The van der Waals surface area contributed by atoms with Crippen molar-refractivity contribution in [3.8, 4) is 11.4 Å². The van der Waals surface area contributed by atoms with Crippen LogP contribution >= 0.6 is 0 Å². The van der Waals surface area contributed by atoms with Gasteiger partial charge in [0.1, 0.15) is 0 Å². The Hall–Kier alpha value is -3.48. The highest BCUT2D eigenvalue weighted by Crippen LogP contribution is 2.20. The molecule has 0 saturated carbocycles. The Morgan fingerprint density at radius 1 is 1.04 bits per heavy atom. The Kier molecular flexibility index (Phi) is 5.61. The minimum Gasteiger partial charge on any atom is -0.339 e. The number of carbonyl (C=O) groups is 2. The van der Waals surface area contributed by atoms with Gasteiger partial charge in [-0.3, -0.25) is 9.59 Å². The summed E-state index contributed by atoms with van der Waals surface area (Å²) in [6.07, 6.45) is 0.900. The van der Waals surface area contributed by atoms with Crippen molar-refractivity contribution in [2.45, 2.75) is 26.7 Å². The van der Waals surface area contributed by atoms with Crippen molar-refractivity contribution in [1.82, 2.24) is 10.1 Å². The van der Waals surface area contributed by atoms with Crippen LogP contribution in [0.25, 0.3) is 11.4 Å².